The van der Waals surface area contributed by atoms with Gasteiger partial charge in [-0.3, -0.25) is 0 Å². The lowest BCUT2D eigenvalue weighted by Crippen LogP contribution is -2.35. The zero-order valence-corrected chi connectivity index (χ0v) is 28.2. The Bertz CT molecular complexity index is 2180. The van der Waals surface area contributed by atoms with Gasteiger partial charge in [-0.2, -0.15) is 0 Å². The average molecular weight is 631 g/mol. The third-order valence-corrected chi connectivity index (χ3v) is 10.3. The number of ether oxygens (including phenoxy) is 4. The van der Waals surface area contributed by atoms with Crippen molar-refractivity contribution in [3.8, 4) is 45.3 Å². The first-order valence-corrected chi connectivity index (χ1v) is 16.3. The fourth-order valence-electron chi connectivity index (χ4n) is 7.67. The highest BCUT2D eigenvalue weighted by Gasteiger charge is 2.44. The van der Waals surface area contributed by atoms with Gasteiger partial charge in [0.1, 0.15) is 23.0 Å². The van der Waals surface area contributed by atoms with E-state index in [1.54, 1.807) is 21.3 Å². The molecular weight excluding hydrogens is 592 g/mol. The lowest BCUT2D eigenvalue weighted by molar-refractivity contribution is 0.163. The summed E-state index contributed by atoms with van der Waals surface area (Å²) in [6.07, 6.45) is 4.49. The molecule has 0 N–H and O–H groups in total. The number of aryl methyl sites for hydroxylation is 1. The fraction of sp³-hybridized carbons (Fsp3) is 0.182. The van der Waals surface area contributed by atoms with Crippen LogP contribution in [-0.4, -0.2) is 21.3 Å². The van der Waals surface area contributed by atoms with Crippen molar-refractivity contribution in [1.82, 2.24) is 0 Å². The summed E-state index contributed by atoms with van der Waals surface area (Å²) in [5, 5.41) is 2.17. The second-order valence-corrected chi connectivity index (χ2v) is 13.3. The molecule has 6 aromatic carbocycles. The Labute approximate surface area is 282 Å². The minimum atomic E-state index is -0.899. The summed E-state index contributed by atoms with van der Waals surface area (Å²) in [6, 6.07) is 38.4. The molecule has 0 radical (unpaired) electrons. The molecule has 1 aliphatic carbocycles. The highest BCUT2D eigenvalue weighted by molar-refractivity contribution is 6.09. The molecule has 0 aromatic heterocycles. The Hall–Kier alpha value is -5.48. The SMILES string of the molecule is COc1ccc(C2(c3ccc(OC)cc3)C=Cc3c4c(c5ccc(OC)cc5c3O2)-c2ccc(-c3ccc(C)cc3)cc2C4(C)C)cc1. The molecule has 0 unspecified atom stereocenters. The van der Waals surface area contributed by atoms with Crippen molar-refractivity contribution in [3.05, 3.63) is 149 Å². The van der Waals surface area contributed by atoms with E-state index in [2.05, 4.69) is 118 Å². The molecular formula is C44H38O4. The number of methoxy groups -OCH3 is 3. The molecule has 1 heterocycles. The molecule has 8 rings (SSSR count). The van der Waals surface area contributed by atoms with Crippen LogP contribution in [0.5, 0.6) is 23.0 Å². The molecule has 0 atom stereocenters. The van der Waals surface area contributed by atoms with Gasteiger partial charge in [0.05, 0.1) is 21.3 Å². The molecule has 0 amide bonds. The third-order valence-electron chi connectivity index (χ3n) is 10.3. The van der Waals surface area contributed by atoms with E-state index in [1.165, 1.54) is 38.9 Å². The standard InChI is InChI=1S/C44H38O4/c1-27-7-9-28(10-8-27)29-11-21-36-39(25-29)43(2,3)41-37-23-24-44(30-12-16-32(45-4)17-13-30,31-14-18-33(46-5)19-15-31)48-42(37)38-26-34(47-6)20-22-35(38)40(36)41/h7-26H,1-6H3. The predicted molar refractivity (Wildman–Crippen MR) is 195 cm³/mol. The number of hydrogen-bond donors (Lipinski definition) is 0. The lowest BCUT2D eigenvalue weighted by atomic mass is 9.76. The summed E-state index contributed by atoms with van der Waals surface area (Å²) >= 11 is 0. The van der Waals surface area contributed by atoms with Gasteiger partial charge >= 0.3 is 0 Å². The third kappa shape index (κ3) is 4.43. The predicted octanol–water partition coefficient (Wildman–Crippen LogP) is 10.5. The van der Waals surface area contributed by atoms with Crippen LogP contribution in [0.3, 0.4) is 0 Å². The van der Waals surface area contributed by atoms with Crippen molar-refractivity contribution in [1.29, 1.82) is 0 Å². The van der Waals surface area contributed by atoms with Gasteiger partial charge < -0.3 is 18.9 Å². The first-order valence-electron chi connectivity index (χ1n) is 16.3. The Morgan fingerprint density at radius 2 is 1.17 bits per heavy atom. The molecule has 2 aliphatic rings. The van der Waals surface area contributed by atoms with Crippen LogP contribution in [0.2, 0.25) is 0 Å². The lowest BCUT2D eigenvalue weighted by Gasteiger charge is -2.38. The molecule has 238 valence electrons. The molecule has 4 heteroatoms. The summed E-state index contributed by atoms with van der Waals surface area (Å²) < 4.78 is 24.3. The molecule has 1 aliphatic heterocycles. The van der Waals surface area contributed by atoms with Gasteiger partial charge in [0, 0.05) is 27.5 Å². The van der Waals surface area contributed by atoms with E-state index >= 15 is 0 Å². The van der Waals surface area contributed by atoms with Gasteiger partial charge in [0.2, 0.25) is 0 Å². The summed E-state index contributed by atoms with van der Waals surface area (Å²) in [5.41, 5.74) is 10.7. The molecule has 0 saturated heterocycles. The monoisotopic (exact) mass is 630 g/mol. The van der Waals surface area contributed by atoms with E-state index in [9.17, 15) is 0 Å². The van der Waals surface area contributed by atoms with E-state index in [0.717, 1.165) is 50.5 Å². The van der Waals surface area contributed by atoms with Gasteiger partial charge in [0.25, 0.3) is 0 Å². The Kier molecular flexibility index (Phi) is 6.89. The molecule has 6 aromatic rings. The van der Waals surface area contributed by atoms with Crippen LogP contribution in [-0.2, 0) is 11.0 Å². The summed E-state index contributed by atoms with van der Waals surface area (Å²) in [6.45, 7) is 6.81. The highest BCUT2D eigenvalue weighted by Crippen LogP contribution is 2.59. The topological polar surface area (TPSA) is 36.9 Å². The normalized spacial score (nSPS) is 14.9. The first-order chi connectivity index (χ1) is 23.3. The largest absolute Gasteiger partial charge is 0.497 e. The van der Waals surface area contributed by atoms with Crippen LogP contribution < -0.4 is 18.9 Å². The van der Waals surface area contributed by atoms with Gasteiger partial charge in [0.15, 0.2) is 5.60 Å². The maximum absolute atomic E-state index is 7.45. The van der Waals surface area contributed by atoms with E-state index in [1.807, 2.05) is 24.3 Å². The summed E-state index contributed by atoms with van der Waals surface area (Å²) in [7, 11) is 5.09. The van der Waals surface area contributed by atoms with Gasteiger partial charge in [-0.05, 0) is 100 Å². The van der Waals surface area contributed by atoms with E-state index in [-0.39, 0.29) is 5.41 Å². The van der Waals surface area contributed by atoms with Crippen molar-refractivity contribution in [3.63, 3.8) is 0 Å². The summed E-state index contributed by atoms with van der Waals surface area (Å²) in [5.74, 6) is 3.22. The number of rotatable bonds is 6. The minimum Gasteiger partial charge on any atom is -0.497 e. The van der Waals surface area contributed by atoms with Crippen LogP contribution in [0, 0.1) is 6.92 Å². The van der Waals surface area contributed by atoms with Gasteiger partial charge in [-0.15, -0.1) is 0 Å². The quantitative estimate of drug-likeness (QED) is 0.184. The van der Waals surface area contributed by atoms with Crippen molar-refractivity contribution in [2.24, 2.45) is 0 Å². The van der Waals surface area contributed by atoms with Crippen LogP contribution in [0.25, 0.3) is 39.1 Å². The smallest absolute Gasteiger partial charge is 0.178 e. The minimum absolute atomic E-state index is 0.280. The van der Waals surface area contributed by atoms with E-state index in [0.29, 0.717) is 0 Å². The molecule has 0 bridgehead atoms. The molecule has 4 nitrogen and oxygen atoms in total. The number of fused-ring (bicyclic) bond motifs is 8. The van der Waals surface area contributed by atoms with E-state index < -0.39 is 5.60 Å². The fourth-order valence-corrected chi connectivity index (χ4v) is 7.67. The number of benzene rings is 6. The van der Waals surface area contributed by atoms with Crippen LogP contribution in [0.1, 0.15) is 47.2 Å². The molecule has 0 saturated carbocycles. The van der Waals surface area contributed by atoms with Crippen molar-refractivity contribution >= 4 is 16.8 Å². The highest BCUT2D eigenvalue weighted by atomic mass is 16.5. The van der Waals surface area contributed by atoms with Crippen molar-refractivity contribution < 1.29 is 18.9 Å². The van der Waals surface area contributed by atoms with Crippen LogP contribution >= 0.6 is 0 Å². The van der Waals surface area contributed by atoms with E-state index in [4.69, 9.17) is 18.9 Å². The number of hydrogen-bond acceptors (Lipinski definition) is 4. The Morgan fingerprint density at radius 1 is 0.583 bits per heavy atom. The van der Waals surface area contributed by atoms with Crippen LogP contribution in [0.4, 0.5) is 0 Å². The van der Waals surface area contributed by atoms with Gasteiger partial charge in [-0.25, -0.2) is 0 Å². The summed E-state index contributed by atoms with van der Waals surface area (Å²) in [4.78, 5) is 0. The van der Waals surface area contributed by atoms with Crippen LogP contribution in [0.15, 0.2) is 115 Å². The van der Waals surface area contributed by atoms with Gasteiger partial charge in [-0.1, -0.05) is 86.2 Å². The first kappa shape index (κ1) is 29.9. The zero-order valence-electron chi connectivity index (χ0n) is 28.2. The second-order valence-electron chi connectivity index (χ2n) is 13.3. The molecule has 48 heavy (non-hydrogen) atoms. The average Bonchev–Trinajstić information content (AvgIpc) is 3.37. The van der Waals surface area contributed by atoms with Crippen molar-refractivity contribution in [2.75, 3.05) is 21.3 Å². The zero-order chi connectivity index (χ0) is 33.2. The molecule has 0 fully saturated rings. The Morgan fingerprint density at radius 3 is 1.77 bits per heavy atom. The Balaban J connectivity index is 1.38. The molecule has 0 spiro atoms. The second kappa shape index (κ2) is 11.1. The maximum atomic E-state index is 7.45. The maximum Gasteiger partial charge on any atom is 0.178 e. The van der Waals surface area contributed by atoms with Crippen molar-refractivity contribution in [2.45, 2.75) is 31.8 Å².